The Bertz CT molecular complexity index is 328. The van der Waals surface area contributed by atoms with Crippen molar-refractivity contribution in [3.63, 3.8) is 0 Å². The molecule has 90 valence electrons. The molecule has 0 radical (unpaired) electrons. The lowest BCUT2D eigenvalue weighted by atomic mass is 10.1. The number of ether oxygens (including phenoxy) is 1. The van der Waals surface area contributed by atoms with Crippen LogP contribution in [-0.4, -0.2) is 31.4 Å². The fraction of sp³-hybridized carbons (Fsp3) is 0.538. The third kappa shape index (κ3) is 3.72. The van der Waals surface area contributed by atoms with Crippen molar-refractivity contribution in [3.05, 3.63) is 29.3 Å². The fourth-order valence-corrected chi connectivity index (χ4v) is 2.06. The first kappa shape index (κ1) is 13.4. The molecule has 1 rings (SSSR count). The van der Waals surface area contributed by atoms with Crippen LogP contribution in [0, 0.1) is 0 Å². The molecule has 2 nitrogen and oxygen atoms in total. The largest absolute Gasteiger partial charge is 0.496 e. The van der Waals surface area contributed by atoms with E-state index in [1.807, 2.05) is 0 Å². The number of thiol groups is 1. The van der Waals surface area contributed by atoms with Crippen molar-refractivity contribution in [2.45, 2.75) is 19.9 Å². The van der Waals surface area contributed by atoms with Gasteiger partial charge in [0.1, 0.15) is 5.75 Å². The van der Waals surface area contributed by atoms with Gasteiger partial charge in [-0.25, -0.2) is 0 Å². The molecule has 0 saturated heterocycles. The molecule has 3 heteroatoms. The van der Waals surface area contributed by atoms with Crippen LogP contribution in [0.1, 0.15) is 18.1 Å². The van der Waals surface area contributed by atoms with E-state index in [9.17, 15) is 0 Å². The van der Waals surface area contributed by atoms with Crippen molar-refractivity contribution in [3.8, 4) is 5.75 Å². The molecule has 1 aromatic rings. The summed E-state index contributed by atoms with van der Waals surface area (Å²) in [5.74, 6) is 1.86. The molecule has 0 aliphatic heterocycles. The molecular weight excluding hydrogens is 218 g/mol. The van der Waals surface area contributed by atoms with Crippen LogP contribution >= 0.6 is 12.6 Å². The molecule has 0 fully saturated rings. The second-order valence-electron chi connectivity index (χ2n) is 3.96. The van der Waals surface area contributed by atoms with Gasteiger partial charge < -0.3 is 9.64 Å². The summed E-state index contributed by atoms with van der Waals surface area (Å²) in [4.78, 5) is 2.25. The van der Waals surface area contributed by atoms with Crippen molar-refractivity contribution < 1.29 is 4.74 Å². The lowest BCUT2D eigenvalue weighted by molar-refractivity contribution is 0.335. The highest BCUT2D eigenvalue weighted by Gasteiger charge is 2.06. The number of aryl methyl sites for hydroxylation is 1. The lowest BCUT2D eigenvalue weighted by Gasteiger charge is -2.18. The third-order valence-corrected chi connectivity index (χ3v) is 2.88. The van der Waals surface area contributed by atoms with Crippen molar-refractivity contribution in [1.29, 1.82) is 0 Å². The van der Waals surface area contributed by atoms with E-state index in [1.54, 1.807) is 7.11 Å². The van der Waals surface area contributed by atoms with E-state index in [1.165, 1.54) is 11.1 Å². The highest BCUT2D eigenvalue weighted by molar-refractivity contribution is 7.80. The van der Waals surface area contributed by atoms with Gasteiger partial charge in [0.25, 0.3) is 0 Å². The van der Waals surface area contributed by atoms with Gasteiger partial charge in [-0.1, -0.05) is 19.1 Å². The monoisotopic (exact) mass is 239 g/mol. The Morgan fingerprint density at radius 1 is 1.38 bits per heavy atom. The van der Waals surface area contributed by atoms with E-state index in [2.05, 4.69) is 49.7 Å². The summed E-state index contributed by atoms with van der Waals surface area (Å²) in [5, 5.41) is 0. The van der Waals surface area contributed by atoms with Gasteiger partial charge in [-0.2, -0.15) is 12.6 Å². The van der Waals surface area contributed by atoms with Gasteiger partial charge in [-0.15, -0.1) is 0 Å². The zero-order valence-electron chi connectivity index (χ0n) is 10.4. The van der Waals surface area contributed by atoms with Crippen molar-refractivity contribution in [2.75, 3.05) is 26.5 Å². The SMILES string of the molecule is CCc1ccc(OC)c(CN(C)CCS)c1. The molecule has 0 heterocycles. The van der Waals surface area contributed by atoms with E-state index in [0.29, 0.717) is 0 Å². The molecular formula is C13H21NOS. The van der Waals surface area contributed by atoms with Gasteiger partial charge in [-0.3, -0.25) is 0 Å². The number of hydrogen-bond donors (Lipinski definition) is 1. The molecule has 1 aromatic carbocycles. The number of methoxy groups -OCH3 is 1. The molecule has 0 aromatic heterocycles. The number of hydrogen-bond acceptors (Lipinski definition) is 3. The summed E-state index contributed by atoms with van der Waals surface area (Å²) in [5.41, 5.74) is 2.61. The number of benzene rings is 1. The average Bonchev–Trinajstić information content (AvgIpc) is 2.29. The number of nitrogens with zero attached hydrogens (tertiary/aromatic N) is 1. The standard InChI is InChI=1S/C13H21NOS/c1-4-11-5-6-13(15-3)12(9-11)10-14(2)7-8-16/h5-6,9,16H,4,7-8,10H2,1-3H3. The van der Waals surface area contributed by atoms with Gasteiger partial charge in [0.05, 0.1) is 7.11 Å². The zero-order chi connectivity index (χ0) is 12.0. The maximum atomic E-state index is 5.38. The zero-order valence-corrected chi connectivity index (χ0v) is 11.3. The maximum Gasteiger partial charge on any atom is 0.123 e. The van der Waals surface area contributed by atoms with Crippen LogP contribution in [0.2, 0.25) is 0 Å². The van der Waals surface area contributed by atoms with Crippen LogP contribution < -0.4 is 4.74 Å². The molecule has 0 bridgehead atoms. The highest BCUT2D eigenvalue weighted by atomic mass is 32.1. The van der Waals surface area contributed by atoms with Crippen LogP contribution in [0.25, 0.3) is 0 Å². The molecule has 0 atom stereocenters. The summed E-state index contributed by atoms with van der Waals surface area (Å²) in [6, 6.07) is 6.41. The summed E-state index contributed by atoms with van der Waals surface area (Å²) in [7, 11) is 3.83. The normalized spacial score (nSPS) is 10.8. The van der Waals surface area contributed by atoms with Crippen LogP contribution in [0.15, 0.2) is 18.2 Å². The summed E-state index contributed by atoms with van der Waals surface area (Å²) in [6.45, 7) is 4.07. The lowest BCUT2D eigenvalue weighted by Crippen LogP contribution is -2.20. The summed E-state index contributed by atoms with van der Waals surface area (Å²) in [6.07, 6.45) is 1.06. The molecule has 16 heavy (non-hydrogen) atoms. The third-order valence-electron chi connectivity index (χ3n) is 2.68. The predicted octanol–water partition coefficient (Wildman–Crippen LogP) is 2.62. The Kier molecular flexibility index (Phi) is 5.71. The maximum absolute atomic E-state index is 5.38. The molecule has 0 spiro atoms. The molecule has 0 N–H and O–H groups in total. The molecule has 0 unspecified atom stereocenters. The van der Waals surface area contributed by atoms with Gasteiger partial charge in [0, 0.05) is 24.4 Å². The van der Waals surface area contributed by atoms with Crippen LogP contribution in [0.3, 0.4) is 0 Å². The predicted molar refractivity (Wildman–Crippen MR) is 72.6 cm³/mol. The first-order valence-electron chi connectivity index (χ1n) is 5.66. The number of rotatable bonds is 6. The molecule has 0 saturated carbocycles. The Labute approximate surface area is 104 Å². The molecule has 0 aliphatic carbocycles. The Morgan fingerprint density at radius 3 is 2.69 bits per heavy atom. The van der Waals surface area contributed by atoms with Crippen molar-refractivity contribution in [1.82, 2.24) is 4.90 Å². The Morgan fingerprint density at radius 2 is 2.12 bits per heavy atom. The minimum absolute atomic E-state index is 0.881. The smallest absolute Gasteiger partial charge is 0.123 e. The van der Waals surface area contributed by atoms with E-state index >= 15 is 0 Å². The quantitative estimate of drug-likeness (QED) is 0.766. The van der Waals surface area contributed by atoms with Gasteiger partial charge in [0.15, 0.2) is 0 Å². The first-order chi connectivity index (χ1) is 7.71. The topological polar surface area (TPSA) is 12.5 Å². The second kappa shape index (κ2) is 6.81. The summed E-state index contributed by atoms with van der Waals surface area (Å²) < 4.78 is 5.38. The minimum Gasteiger partial charge on any atom is -0.496 e. The molecule has 0 amide bonds. The average molecular weight is 239 g/mol. The summed E-state index contributed by atoms with van der Waals surface area (Å²) >= 11 is 4.24. The van der Waals surface area contributed by atoms with E-state index < -0.39 is 0 Å². The van der Waals surface area contributed by atoms with E-state index in [0.717, 1.165) is 31.0 Å². The minimum atomic E-state index is 0.881. The first-order valence-corrected chi connectivity index (χ1v) is 6.29. The van der Waals surface area contributed by atoms with Gasteiger partial charge >= 0.3 is 0 Å². The Balaban J connectivity index is 2.82. The van der Waals surface area contributed by atoms with Crippen molar-refractivity contribution in [2.24, 2.45) is 0 Å². The van der Waals surface area contributed by atoms with Gasteiger partial charge in [-0.05, 0) is 25.1 Å². The molecule has 0 aliphatic rings. The second-order valence-corrected chi connectivity index (χ2v) is 4.41. The van der Waals surface area contributed by atoms with Crippen LogP contribution in [-0.2, 0) is 13.0 Å². The van der Waals surface area contributed by atoms with Crippen LogP contribution in [0.4, 0.5) is 0 Å². The highest BCUT2D eigenvalue weighted by Crippen LogP contribution is 2.21. The Hall–Kier alpha value is -0.670. The van der Waals surface area contributed by atoms with Crippen molar-refractivity contribution >= 4 is 12.6 Å². The van der Waals surface area contributed by atoms with Gasteiger partial charge in [0.2, 0.25) is 0 Å². The fourth-order valence-electron chi connectivity index (χ4n) is 1.72. The van der Waals surface area contributed by atoms with E-state index in [4.69, 9.17) is 4.74 Å². The van der Waals surface area contributed by atoms with Crippen LogP contribution in [0.5, 0.6) is 5.75 Å². The van der Waals surface area contributed by atoms with E-state index in [-0.39, 0.29) is 0 Å².